The highest BCUT2D eigenvalue weighted by atomic mass is 127. The molecule has 0 radical (unpaired) electrons. The predicted molar refractivity (Wildman–Crippen MR) is 71.2 cm³/mol. The molecular weight excluding hydrogens is 285 g/mol. The Morgan fingerprint density at radius 2 is 2.09 bits per heavy atom. The van der Waals surface area contributed by atoms with Crippen LogP contribution in [0, 0.1) is 0 Å². The van der Waals surface area contributed by atoms with Gasteiger partial charge in [0.05, 0.1) is 0 Å². The lowest BCUT2D eigenvalue weighted by Gasteiger charge is -2.25. The number of hydrogen-bond acceptors (Lipinski definition) is 1. The summed E-state index contributed by atoms with van der Waals surface area (Å²) in [6, 6.07) is 0. The molecule has 1 unspecified atom stereocenters. The number of thioether (sulfide) groups is 1. The zero-order valence-electron chi connectivity index (χ0n) is 7.78. The predicted octanol–water partition coefficient (Wildman–Crippen LogP) is 3.29. The van der Waals surface area contributed by atoms with Gasteiger partial charge in [-0.25, -0.2) is 0 Å². The Kier molecular flexibility index (Phi) is 6.97. The first-order valence-corrected chi connectivity index (χ1v) is 7.58. The molecule has 0 spiro atoms. The SMILES string of the molecule is CC(C)SC(C)(C)PBCI. The molecule has 0 amide bonds. The molecule has 0 aromatic heterocycles. The third-order valence-corrected chi connectivity index (χ3v) is 5.93. The highest BCUT2D eigenvalue weighted by Gasteiger charge is 2.18. The summed E-state index contributed by atoms with van der Waals surface area (Å²) in [6.07, 6.45) is 0. The molecule has 0 aliphatic rings. The first-order valence-electron chi connectivity index (χ1n) is 3.97. The summed E-state index contributed by atoms with van der Waals surface area (Å²) in [5, 5.41) is 0.770. The van der Waals surface area contributed by atoms with Crippen molar-refractivity contribution in [2.24, 2.45) is 0 Å². The minimum atomic E-state index is 0.513. The molecule has 0 aromatic rings. The normalized spacial score (nSPS) is 13.3. The van der Waals surface area contributed by atoms with Crippen molar-refractivity contribution in [3.8, 4) is 0 Å². The van der Waals surface area contributed by atoms with E-state index in [0.29, 0.717) is 4.49 Å². The fourth-order valence-corrected chi connectivity index (χ4v) is 5.01. The number of alkyl halides is 1. The Morgan fingerprint density at radius 3 is 2.45 bits per heavy atom. The van der Waals surface area contributed by atoms with E-state index < -0.39 is 0 Å². The summed E-state index contributed by atoms with van der Waals surface area (Å²) in [5.74, 6) is 0. The summed E-state index contributed by atoms with van der Waals surface area (Å²) in [7, 11) is 1.11. The lowest BCUT2D eigenvalue weighted by Crippen LogP contribution is -2.12. The van der Waals surface area contributed by atoms with E-state index in [9.17, 15) is 0 Å². The Labute approximate surface area is 91.2 Å². The molecule has 0 fully saturated rings. The number of hydrogen-bond donors (Lipinski definition) is 0. The lowest BCUT2D eigenvalue weighted by atomic mass is 10.2. The standard InChI is InChI=1S/C7H17BIPS/c1-6(2)11-7(3,4)10-8-5-9/h6,8,10H,5H2,1-4H3. The second-order valence-corrected chi connectivity index (χ2v) is 9.04. The van der Waals surface area contributed by atoms with Crippen LogP contribution in [-0.2, 0) is 0 Å². The lowest BCUT2D eigenvalue weighted by molar-refractivity contribution is 0.993. The number of rotatable bonds is 5. The van der Waals surface area contributed by atoms with Crippen molar-refractivity contribution in [2.75, 3.05) is 4.33 Å². The van der Waals surface area contributed by atoms with Crippen LogP contribution < -0.4 is 0 Å². The van der Waals surface area contributed by atoms with Gasteiger partial charge in [0.2, 0.25) is 0 Å². The third kappa shape index (κ3) is 7.92. The second kappa shape index (κ2) is 6.09. The van der Waals surface area contributed by atoms with Crippen LogP contribution in [0.25, 0.3) is 0 Å². The van der Waals surface area contributed by atoms with Gasteiger partial charge in [0, 0.05) is 4.49 Å². The Morgan fingerprint density at radius 1 is 1.55 bits per heavy atom. The molecule has 0 saturated carbocycles. The van der Waals surface area contributed by atoms with Gasteiger partial charge in [-0.15, -0.1) is 20.2 Å². The van der Waals surface area contributed by atoms with Gasteiger partial charge >= 0.3 is 0 Å². The molecule has 0 aliphatic carbocycles. The van der Waals surface area contributed by atoms with Gasteiger partial charge in [0.25, 0.3) is 0 Å². The van der Waals surface area contributed by atoms with Gasteiger partial charge in [0.15, 0.2) is 7.00 Å². The smallest absolute Gasteiger partial charge is 0.149 e. The molecular formula is C7H17BIPS. The Hall–Kier alpha value is 1.57. The first-order chi connectivity index (χ1) is 4.98. The Balaban J connectivity index is 3.61. The van der Waals surface area contributed by atoms with E-state index in [1.165, 1.54) is 11.3 Å². The maximum atomic E-state index is 2.46. The van der Waals surface area contributed by atoms with Crippen LogP contribution in [0.4, 0.5) is 0 Å². The first kappa shape index (κ1) is 12.6. The van der Waals surface area contributed by atoms with E-state index >= 15 is 0 Å². The molecule has 11 heavy (non-hydrogen) atoms. The van der Waals surface area contributed by atoms with Crippen LogP contribution in [0.15, 0.2) is 0 Å². The highest BCUT2D eigenvalue weighted by Crippen LogP contribution is 2.42. The molecule has 0 nitrogen and oxygen atoms in total. The van der Waals surface area contributed by atoms with E-state index in [0.717, 1.165) is 13.7 Å². The van der Waals surface area contributed by atoms with Gasteiger partial charge in [-0.2, -0.15) is 0 Å². The average molecular weight is 302 g/mol. The molecule has 0 bridgehead atoms. The quantitative estimate of drug-likeness (QED) is 0.325. The van der Waals surface area contributed by atoms with Crippen molar-refractivity contribution in [3.63, 3.8) is 0 Å². The van der Waals surface area contributed by atoms with E-state index in [1.54, 1.807) is 0 Å². The van der Waals surface area contributed by atoms with Crippen molar-refractivity contribution in [1.82, 2.24) is 0 Å². The van der Waals surface area contributed by atoms with Gasteiger partial charge in [-0.1, -0.05) is 36.4 Å². The summed E-state index contributed by atoms with van der Waals surface area (Å²) >= 11 is 4.56. The van der Waals surface area contributed by atoms with Crippen LogP contribution in [-0.4, -0.2) is 21.1 Å². The van der Waals surface area contributed by atoms with Gasteiger partial charge in [0.1, 0.15) is 0 Å². The fourth-order valence-electron chi connectivity index (χ4n) is 0.979. The molecule has 0 saturated heterocycles. The zero-order chi connectivity index (χ0) is 8.91. The Bertz CT molecular complexity index is 109. The van der Waals surface area contributed by atoms with Crippen molar-refractivity contribution in [1.29, 1.82) is 0 Å². The van der Waals surface area contributed by atoms with Crippen molar-refractivity contribution in [2.45, 2.75) is 37.4 Å². The zero-order valence-corrected chi connectivity index (χ0v) is 11.8. The average Bonchev–Trinajstić information content (AvgIpc) is 1.81. The topological polar surface area (TPSA) is 0 Å². The molecule has 0 aromatic carbocycles. The maximum absolute atomic E-state index is 2.46. The van der Waals surface area contributed by atoms with Crippen molar-refractivity contribution in [3.05, 3.63) is 0 Å². The second-order valence-electron chi connectivity index (χ2n) is 3.29. The molecule has 66 valence electrons. The third-order valence-electron chi connectivity index (χ3n) is 1.18. The molecule has 1 atom stereocenters. The summed E-state index contributed by atoms with van der Waals surface area (Å²) in [5.41, 5.74) is 0. The minimum absolute atomic E-state index is 0.513. The molecule has 0 aliphatic heterocycles. The fraction of sp³-hybridized carbons (Fsp3) is 1.00. The van der Waals surface area contributed by atoms with Gasteiger partial charge < -0.3 is 0 Å². The van der Waals surface area contributed by atoms with Crippen LogP contribution >= 0.6 is 42.8 Å². The van der Waals surface area contributed by atoms with Crippen molar-refractivity contribution < 1.29 is 0 Å². The van der Waals surface area contributed by atoms with Crippen LogP contribution in [0.3, 0.4) is 0 Å². The van der Waals surface area contributed by atoms with E-state index in [4.69, 9.17) is 0 Å². The van der Waals surface area contributed by atoms with Crippen LogP contribution in [0.1, 0.15) is 27.7 Å². The minimum Gasteiger partial charge on any atom is -0.149 e. The summed E-state index contributed by atoms with van der Waals surface area (Å²) in [4.78, 5) is 0. The van der Waals surface area contributed by atoms with E-state index in [-0.39, 0.29) is 0 Å². The van der Waals surface area contributed by atoms with E-state index in [1.807, 2.05) is 0 Å². The van der Waals surface area contributed by atoms with Gasteiger partial charge in [-0.05, 0) is 23.4 Å². The van der Waals surface area contributed by atoms with Crippen LogP contribution in [0.5, 0.6) is 0 Å². The molecule has 0 rings (SSSR count). The maximum Gasteiger partial charge on any atom is 0.161 e. The number of halogens is 1. The molecule has 0 heterocycles. The monoisotopic (exact) mass is 302 g/mol. The van der Waals surface area contributed by atoms with Gasteiger partial charge in [-0.3, -0.25) is 0 Å². The summed E-state index contributed by atoms with van der Waals surface area (Å²) in [6.45, 7) is 10.7. The van der Waals surface area contributed by atoms with Crippen LogP contribution in [0.2, 0.25) is 0 Å². The molecule has 0 N–H and O–H groups in total. The molecule has 4 heteroatoms. The van der Waals surface area contributed by atoms with E-state index in [2.05, 4.69) is 62.0 Å². The largest absolute Gasteiger partial charge is 0.161 e. The van der Waals surface area contributed by atoms with Crippen molar-refractivity contribution >= 4 is 49.8 Å². The summed E-state index contributed by atoms with van der Waals surface area (Å²) < 4.78 is 1.82. The highest BCUT2D eigenvalue weighted by molar-refractivity contribution is 14.1.